The summed E-state index contributed by atoms with van der Waals surface area (Å²) in [5, 5.41) is 6.76. The maximum atomic E-state index is 12.2. The quantitative estimate of drug-likeness (QED) is 0.792. The van der Waals surface area contributed by atoms with E-state index in [-0.39, 0.29) is 5.91 Å². The lowest BCUT2D eigenvalue weighted by Crippen LogP contribution is -2.22. The van der Waals surface area contributed by atoms with Gasteiger partial charge in [0.15, 0.2) is 0 Å². The molecule has 0 unspecified atom stereocenters. The van der Waals surface area contributed by atoms with Crippen LogP contribution in [0.1, 0.15) is 26.1 Å². The predicted molar refractivity (Wildman–Crippen MR) is 90.3 cm³/mol. The molecular weight excluding hydrogens is 314 g/mol. The Morgan fingerprint density at radius 3 is 2.64 bits per heavy atom. The Morgan fingerprint density at radius 2 is 1.95 bits per heavy atom. The summed E-state index contributed by atoms with van der Waals surface area (Å²) in [6, 6.07) is 10.0. The van der Waals surface area contributed by atoms with Gasteiger partial charge in [0.25, 0.3) is 5.91 Å². The van der Waals surface area contributed by atoms with Crippen molar-refractivity contribution in [2.75, 3.05) is 0 Å². The zero-order valence-electron chi connectivity index (χ0n) is 12.3. The first kappa shape index (κ1) is 14.9. The zero-order chi connectivity index (χ0) is 15.5. The molecule has 1 amide bonds. The molecule has 0 bridgehead atoms. The number of thiazole rings is 2. The number of aromatic nitrogens is 2. The number of nitrogens with zero attached hydrogens (tertiary/aromatic N) is 2. The highest BCUT2D eigenvalue weighted by molar-refractivity contribution is 7.13. The van der Waals surface area contributed by atoms with Gasteiger partial charge in [-0.1, -0.05) is 30.3 Å². The van der Waals surface area contributed by atoms with Gasteiger partial charge in [0.1, 0.15) is 9.88 Å². The second kappa shape index (κ2) is 6.37. The van der Waals surface area contributed by atoms with Gasteiger partial charge in [-0.05, 0) is 13.8 Å². The Balaban J connectivity index is 1.66. The number of aryl methyl sites for hydroxylation is 2. The third-order valence-corrected chi connectivity index (χ3v) is 5.12. The van der Waals surface area contributed by atoms with Crippen LogP contribution in [0.2, 0.25) is 0 Å². The molecule has 0 saturated carbocycles. The van der Waals surface area contributed by atoms with Gasteiger partial charge < -0.3 is 5.32 Å². The molecule has 1 aromatic carbocycles. The highest BCUT2D eigenvalue weighted by Gasteiger charge is 2.14. The molecular formula is C16H15N3OS2. The Bertz CT molecular complexity index is 793. The van der Waals surface area contributed by atoms with Crippen LogP contribution in [0.5, 0.6) is 0 Å². The smallest absolute Gasteiger partial charge is 0.263 e. The number of nitrogens with one attached hydrogen (secondary N) is 1. The summed E-state index contributed by atoms with van der Waals surface area (Å²) in [6.45, 7) is 4.19. The van der Waals surface area contributed by atoms with Crippen LogP contribution in [-0.4, -0.2) is 15.9 Å². The summed E-state index contributed by atoms with van der Waals surface area (Å²) in [5.74, 6) is -0.0858. The molecule has 1 N–H and O–H groups in total. The SMILES string of the molecule is Cc1nc(C)c(C(=O)NCc2csc(-c3ccccc3)n2)s1. The number of carbonyl (C=O) groups is 1. The third kappa shape index (κ3) is 3.23. The number of rotatable bonds is 4. The van der Waals surface area contributed by atoms with E-state index >= 15 is 0 Å². The minimum atomic E-state index is -0.0858. The fraction of sp³-hybridized carbons (Fsp3) is 0.188. The molecule has 2 aromatic heterocycles. The van der Waals surface area contributed by atoms with E-state index in [4.69, 9.17) is 0 Å². The molecule has 6 heteroatoms. The van der Waals surface area contributed by atoms with Crippen LogP contribution in [0.3, 0.4) is 0 Å². The van der Waals surface area contributed by atoms with Crippen molar-refractivity contribution in [3.05, 3.63) is 57.0 Å². The second-order valence-electron chi connectivity index (χ2n) is 4.84. The molecule has 0 aliphatic heterocycles. The van der Waals surface area contributed by atoms with Crippen molar-refractivity contribution in [2.24, 2.45) is 0 Å². The number of carbonyl (C=O) groups excluding carboxylic acids is 1. The first-order valence-electron chi connectivity index (χ1n) is 6.85. The lowest BCUT2D eigenvalue weighted by Gasteiger charge is -2.01. The number of hydrogen-bond acceptors (Lipinski definition) is 5. The molecule has 3 rings (SSSR count). The number of benzene rings is 1. The summed E-state index contributed by atoms with van der Waals surface area (Å²) in [5.41, 5.74) is 2.75. The molecule has 0 fully saturated rings. The van der Waals surface area contributed by atoms with Crippen molar-refractivity contribution in [3.8, 4) is 10.6 Å². The average Bonchev–Trinajstić information content (AvgIpc) is 3.12. The number of hydrogen-bond donors (Lipinski definition) is 1. The molecule has 0 spiro atoms. The van der Waals surface area contributed by atoms with Gasteiger partial charge in [-0.3, -0.25) is 4.79 Å². The Labute approximate surface area is 136 Å². The van der Waals surface area contributed by atoms with E-state index in [0.717, 1.165) is 27.0 Å². The largest absolute Gasteiger partial charge is 0.346 e. The topological polar surface area (TPSA) is 54.9 Å². The van der Waals surface area contributed by atoms with Gasteiger partial charge in [-0.15, -0.1) is 22.7 Å². The fourth-order valence-electron chi connectivity index (χ4n) is 2.09. The van der Waals surface area contributed by atoms with Crippen LogP contribution in [-0.2, 0) is 6.54 Å². The van der Waals surface area contributed by atoms with Gasteiger partial charge >= 0.3 is 0 Å². The van der Waals surface area contributed by atoms with Gasteiger partial charge in [-0.25, -0.2) is 9.97 Å². The number of amides is 1. The van der Waals surface area contributed by atoms with Crippen molar-refractivity contribution in [2.45, 2.75) is 20.4 Å². The standard InChI is InChI=1S/C16H15N3OS2/c1-10-14(22-11(2)18-10)15(20)17-8-13-9-21-16(19-13)12-6-4-3-5-7-12/h3-7,9H,8H2,1-2H3,(H,17,20). The van der Waals surface area contributed by atoms with E-state index in [9.17, 15) is 4.79 Å². The van der Waals surface area contributed by atoms with Gasteiger partial charge in [0, 0.05) is 10.9 Å². The van der Waals surface area contributed by atoms with E-state index < -0.39 is 0 Å². The Hall–Kier alpha value is -2.05. The maximum Gasteiger partial charge on any atom is 0.263 e. The molecule has 0 atom stereocenters. The highest BCUT2D eigenvalue weighted by Crippen LogP contribution is 2.23. The summed E-state index contributed by atoms with van der Waals surface area (Å²) < 4.78 is 0. The van der Waals surface area contributed by atoms with Crippen molar-refractivity contribution in [1.82, 2.24) is 15.3 Å². The summed E-state index contributed by atoms with van der Waals surface area (Å²) in [7, 11) is 0. The highest BCUT2D eigenvalue weighted by atomic mass is 32.1. The molecule has 3 aromatic rings. The van der Waals surface area contributed by atoms with Crippen LogP contribution in [0.4, 0.5) is 0 Å². The Morgan fingerprint density at radius 1 is 1.18 bits per heavy atom. The van der Waals surface area contributed by atoms with E-state index in [1.807, 2.05) is 49.6 Å². The van der Waals surface area contributed by atoms with Crippen molar-refractivity contribution >= 4 is 28.6 Å². The monoisotopic (exact) mass is 329 g/mol. The molecule has 0 aliphatic rings. The van der Waals surface area contributed by atoms with Crippen LogP contribution >= 0.6 is 22.7 Å². The van der Waals surface area contributed by atoms with Crippen LogP contribution in [0, 0.1) is 13.8 Å². The molecule has 0 aliphatic carbocycles. The van der Waals surface area contributed by atoms with E-state index in [1.165, 1.54) is 11.3 Å². The van der Waals surface area contributed by atoms with Crippen molar-refractivity contribution in [1.29, 1.82) is 0 Å². The summed E-state index contributed by atoms with van der Waals surface area (Å²) in [6.07, 6.45) is 0. The van der Waals surface area contributed by atoms with E-state index in [1.54, 1.807) is 11.3 Å². The fourth-order valence-corrected chi connectivity index (χ4v) is 3.76. The van der Waals surface area contributed by atoms with Gasteiger partial charge in [0.05, 0.1) is 22.9 Å². The van der Waals surface area contributed by atoms with Gasteiger partial charge in [-0.2, -0.15) is 0 Å². The van der Waals surface area contributed by atoms with Crippen molar-refractivity contribution < 1.29 is 4.79 Å². The molecule has 0 saturated heterocycles. The molecule has 0 radical (unpaired) electrons. The minimum absolute atomic E-state index is 0.0858. The first-order chi connectivity index (χ1) is 10.6. The summed E-state index contributed by atoms with van der Waals surface area (Å²) >= 11 is 3.00. The van der Waals surface area contributed by atoms with E-state index in [2.05, 4.69) is 15.3 Å². The van der Waals surface area contributed by atoms with Crippen molar-refractivity contribution in [3.63, 3.8) is 0 Å². The maximum absolute atomic E-state index is 12.2. The first-order valence-corrected chi connectivity index (χ1v) is 8.55. The van der Waals surface area contributed by atoms with E-state index in [0.29, 0.717) is 11.4 Å². The lowest BCUT2D eigenvalue weighted by molar-refractivity contribution is 0.0953. The zero-order valence-corrected chi connectivity index (χ0v) is 13.9. The molecule has 4 nitrogen and oxygen atoms in total. The minimum Gasteiger partial charge on any atom is -0.346 e. The molecule has 22 heavy (non-hydrogen) atoms. The van der Waals surface area contributed by atoms with Crippen LogP contribution in [0.25, 0.3) is 10.6 Å². The molecule has 112 valence electrons. The summed E-state index contributed by atoms with van der Waals surface area (Å²) in [4.78, 5) is 21.7. The average molecular weight is 329 g/mol. The van der Waals surface area contributed by atoms with Gasteiger partial charge in [0.2, 0.25) is 0 Å². The predicted octanol–water partition coefficient (Wildman–Crippen LogP) is 3.81. The normalized spacial score (nSPS) is 10.6. The van der Waals surface area contributed by atoms with Crippen LogP contribution < -0.4 is 5.32 Å². The third-order valence-electron chi connectivity index (χ3n) is 3.11. The van der Waals surface area contributed by atoms with Crippen LogP contribution in [0.15, 0.2) is 35.7 Å². The molecule has 2 heterocycles. The Kier molecular flexibility index (Phi) is 4.31. The lowest BCUT2D eigenvalue weighted by atomic mass is 10.2. The second-order valence-corrected chi connectivity index (χ2v) is 6.90.